The molecule has 0 N–H and O–H groups in total. The zero-order valence-corrected chi connectivity index (χ0v) is 37.1. The molecule has 0 spiro atoms. The van der Waals surface area contributed by atoms with Crippen molar-refractivity contribution in [3.05, 3.63) is 45.3 Å². The van der Waals surface area contributed by atoms with E-state index in [1.807, 2.05) is 0 Å². The first kappa shape index (κ1) is 47.4. The van der Waals surface area contributed by atoms with Crippen molar-refractivity contribution in [2.24, 2.45) is 0 Å². The van der Waals surface area contributed by atoms with E-state index >= 15 is 0 Å². The summed E-state index contributed by atoms with van der Waals surface area (Å²) in [7, 11) is -8.03. The zero-order valence-electron chi connectivity index (χ0n) is 32.3. The quantitative estimate of drug-likeness (QED) is 0.0524. The highest BCUT2D eigenvalue weighted by atomic mass is 79.9. The molecule has 0 bridgehead atoms. The third kappa shape index (κ3) is 20.2. The lowest BCUT2D eigenvalue weighted by atomic mass is 10.0. The highest BCUT2D eigenvalue weighted by Gasteiger charge is 2.22. The van der Waals surface area contributed by atoms with Gasteiger partial charge in [0.25, 0.3) is 20.2 Å². The summed E-state index contributed by atoms with van der Waals surface area (Å²) in [6, 6.07) is 9.86. The minimum Gasteiger partial charge on any atom is -0.266 e. The van der Waals surface area contributed by atoms with Crippen LogP contribution in [0, 0.1) is 0 Å². The Labute approximate surface area is 335 Å². The van der Waals surface area contributed by atoms with Crippen LogP contribution < -0.4 is 0 Å². The van der Waals surface area contributed by atoms with Crippen LogP contribution in [0.4, 0.5) is 0 Å². The molecule has 0 aliphatic carbocycles. The Morgan fingerprint density at radius 2 is 0.654 bits per heavy atom. The molecule has 0 amide bonds. The van der Waals surface area contributed by atoms with Gasteiger partial charge in [-0.25, -0.2) is 0 Å². The first-order valence-electron chi connectivity index (χ1n) is 20.5. The van der Waals surface area contributed by atoms with Crippen LogP contribution in [-0.4, -0.2) is 30.0 Å². The van der Waals surface area contributed by atoms with Crippen LogP contribution in [0.5, 0.6) is 0 Å². The normalized spacial score (nSPS) is 12.2. The lowest BCUT2D eigenvalue weighted by molar-refractivity contribution is 0.305. The third-order valence-corrected chi connectivity index (χ3v) is 14.3. The largest absolute Gasteiger partial charge is 0.298 e. The Bertz CT molecular complexity index is 1340. The maximum Gasteiger partial charge on any atom is 0.298 e. The number of rotatable bonds is 33. The van der Waals surface area contributed by atoms with E-state index in [4.69, 9.17) is 8.37 Å². The lowest BCUT2D eigenvalue weighted by Gasteiger charge is -2.12. The number of hydrogen-bond acceptors (Lipinski definition) is 6. The maximum atomic E-state index is 13.2. The van der Waals surface area contributed by atoms with Gasteiger partial charge in [-0.15, -0.1) is 0 Å². The van der Waals surface area contributed by atoms with Crippen molar-refractivity contribution in [1.29, 1.82) is 0 Å². The Kier molecular flexibility index (Phi) is 26.1. The monoisotopic (exact) mass is 890 g/mol. The van der Waals surface area contributed by atoms with Gasteiger partial charge >= 0.3 is 0 Å². The Hall–Kier alpha value is -0.780. The van der Waals surface area contributed by atoms with Crippen molar-refractivity contribution in [1.82, 2.24) is 0 Å². The Balaban J connectivity index is 1.76. The van der Waals surface area contributed by atoms with Crippen LogP contribution in [0.3, 0.4) is 0 Å². The predicted molar refractivity (Wildman–Crippen MR) is 225 cm³/mol. The standard InChI is InChI=1S/C42H68Br2O6S2/c1-3-5-7-9-11-13-15-17-19-21-23-25-27-33-49-51(45,46)41-35-37(29-31-39(41)43)38-30-32-40(44)42(36-38)52(47,48)50-34-28-26-24-22-20-18-16-14-12-10-8-6-4-2/h29-32,35-36H,3-28,33-34H2,1-2H3. The van der Waals surface area contributed by atoms with E-state index in [0.29, 0.717) is 32.9 Å². The molecule has 2 aromatic carbocycles. The first-order chi connectivity index (χ1) is 25.1. The van der Waals surface area contributed by atoms with Crippen molar-refractivity contribution in [3.63, 3.8) is 0 Å². The van der Waals surface area contributed by atoms with Crippen molar-refractivity contribution >= 4 is 52.1 Å². The molecule has 0 aliphatic heterocycles. The van der Waals surface area contributed by atoms with E-state index in [1.165, 1.54) is 141 Å². The van der Waals surface area contributed by atoms with E-state index in [1.54, 1.807) is 24.3 Å². The molecular weight excluding hydrogens is 824 g/mol. The summed E-state index contributed by atoms with van der Waals surface area (Å²) in [5, 5.41) is 0. The van der Waals surface area contributed by atoms with Crippen molar-refractivity contribution in [2.45, 2.75) is 191 Å². The number of halogens is 2. The van der Waals surface area contributed by atoms with E-state index in [9.17, 15) is 16.8 Å². The lowest BCUT2D eigenvalue weighted by Crippen LogP contribution is -2.09. The van der Waals surface area contributed by atoms with Crippen molar-refractivity contribution < 1.29 is 25.2 Å². The fourth-order valence-electron chi connectivity index (χ4n) is 6.45. The topological polar surface area (TPSA) is 86.7 Å². The average molecular weight is 893 g/mol. The van der Waals surface area contributed by atoms with E-state index < -0.39 is 20.2 Å². The molecule has 0 radical (unpaired) electrons. The fraction of sp³-hybridized carbons (Fsp3) is 0.714. The van der Waals surface area contributed by atoms with Gasteiger partial charge in [-0.3, -0.25) is 8.37 Å². The molecule has 10 heteroatoms. The van der Waals surface area contributed by atoms with Crippen LogP contribution in [0.2, 0.25) is 0 Å². The van der Waals surface area contributed by atoms with E-state index in [0.717, 1.165) is 25.7 Å². The Morgan fingerprint density at radius 3 is 0.923 bits per heavy atom. The molecule has 0 saturated carbocycles. The van der Waals surface area contributed by atoms with Gasteiger partial charge in [0.1, 0.15) is 9.79 Å². The molecule has 0 aromatic heterocycles. The summed E-state index contributed by atoms with van der Waals surface area (Å²) in [5.41, 5.74) is 1.12. The fourth-order valence-corrected chi connectivity index (χ4v) is 10.2. The van der Waals surface area contributed by atoms with Gasteiger partial charge in [0, 0.05) is 8.95 Å². The molecule has 52 heavy (non-hydrogen) atoms. The first-order valence-corrected chi connectivity index (χ1v) is 24.9. The van der Waals surface area contributed by atoms with Gasteiger partial charge in [0.2, 0.25) is 0 Å². The van der Waals surface area contributed by atoms with Gasteiger partial charge in [-0.2, -0.15) is 16.8 Å². The highest BCUT2D eigenvalue weighted by molar-refractivity contribution is 9.10. The van der Waals surface area contributed by atoms with Crippen LogP contribution >= 0.6 is 31.9 Å². The molecule has 6 nitrogen and oxygen atoms in total. The smallest absolute Gasteiger partial charge is 0.266 e. The van der Waals surface area contributed by atoms with Gasteiger partial charge in [0.05, 0.1) is 13.2 Å². The second-order valence-corrected chi connectivity index (χ2v) is 19.2. The molecule has 0 aliphatic rings. The van der Waals surface area contributed by atoms with Gasteiger partial charge in [-0.05, 0) is 80.1 Å². The SMILES string of the molecule is CCCCCCCCCCCCCCCOS(=O)(=O)c1cc(-c2ccc(Br)c(S(=O)(=O)OCCCCCCCCCCCCCCC)c2)ccc1Br. The molecule has 0 saturated heterocycles. The summed E-state index contributed by atoms with van der Waals surface area (Å²) >= 11 is 6.75. The minimum absolute atomic E-state index is 0.0191. The van der Waals surface area contributed by atoms with Crippen molar-refractivity contribution in [2.75, 3.05) is 13.2 Å². The second kappa shape index (κ2) is 28.6. The zero-order chi connectivity index (χ0) is 37.9. The summed E-state index contributed by atoms with van der Waals surface area (Å²) < 4.78 is 64.3. The summed E-state index contributed by atoms with van der Waals surface area (Å²) in [5.74, 6) is 0. The molecule has 298 valence electrons. The van der Waals surface area contributed by atoms with Gasteiger partial charge < -0.3 is 0 Å². The minimum atomic E-state index is -4.02. The molecule has 0 atom stereocenters. The summed E-state index contributed by atoms with van der Waals surface area (Å²) in [6.07, 6.45) is 31.5. The number of hydrogen-bond donors (Lipinski definition) is 0. The molecule has 0 heterocycles. The molecule has 0 fully saturated rings. The predicted octanol–water partition coefficient (Wildman–Crippen LogP) is 14.5. The number of unbranched alkanes of at least 4 members (excludes halogenated alkanes) is 24. The van der Waals surface area contributed by atoms with Gasteiger partial charge in [0.15, 0.2) is 0 Å². The second-order valence-electron chi connectivity index (χ2n) is 14.3. The molecule has 0 unspecified atom stereocenters. The molecule has 2 rings (SSSR count). The van der Waals surface area contributed by atoms with Gasteiger partial charge in [-0.1, -0.05) is 180 Å². The van der Waals surface area contributed by atoms with Crippen LogP contribution in [0.1, 0.15) is 181 Å². The van der Waals surface area contributed by atoms with Crippen molar-refractivity contribution in [3.8, 4) is 11.1 Å². The number of benzene rings is 2. The molecular formula is C42H68Br2O6S2. The summed E-state index contributed by atoms with van der Waals surface area (Å²) in [4.78, 5) is 0.0383. The Morgan fingerprint density at radius 1 is 0.404 bits per heavy atom. The van der Waals surface area contributed by atoms with E-state index in [2.05, 4.69) is 45.7 Å². The van der Waals surface area contributed by atoms with Crippen LogP contribution in [0.15, 0.2) is 55.1 Å². The van der Waals surface area contributed by atoms with Crippen LogP contribution in [0.25, 0.3) is 11.1 Å². The highest BCUT2D eigenvalue weighted by Crippen LogP contribution is 2.33. The third-order valence-electron chi connectivity index (χ3n) is 9.71. The van der Waals surface area contributed by atoms with Crippen LogP contribution in [-0.2, 0) is 28.6 Å². The average Bonchev–Trinajstić information content (AvgIpc) is 3.12. The van der Waals surface area contributed by atoms with E-state index in [-0.39, 0.29) is 23.0 Å². The molecule has 2 aromatic rings. The summed E-state index contributed by atoms with van der Waals surface area (Å²) in [6.45, 7) is 4.76. The maximum absolute atomic E-state index is 13.2.